The Balaban J connectivity index is 0. The SMILES string of the molecule is CC/C=C\C/C=C\C/C=C\CCCCCCCC(=O)[O-].CCCCCCCCCC[N+](C)(C)CCCCCCCC. The Labute approximate surface area is 258 Å². The summed E-state index contributed by atoms with van der Waals surface area (Å²) >= 11 is 0. The van der Waals surface area contributed by atoms with Crippen LogP contribution >= 0.6 is 0 Å². The molecule has 0 amide bonds. The van der Waals surface area contributed by atoms with Gasteiger partial charge in [0.25, 0.3) is 0 Å². The summed E-state index contributed by atoms with van der Waals surface area (Å²) in [6.45, 7) is 9.49. The molecule has 0 unspecified atom stereocenters. The first kappa shape index (κ1) is 41.8. The highest BCUT2D eigenvalue weighted by Gasteiger charge is 2.13. The van der Waals surface area contributed by atoms with Gasteiger partial charge in [0.2, 0.25) is 0 Å². The average molecular weight is 576 g/mol. The minimum Gasteiger partial charge on any atom is -0.550 e. The van der Waals surface area contributed by atoms with E-state index in [-0.39, 0.29) is 6.42 Å². The van der Waals surface area contributed by atoms with Gasteiger partial charge >= 0.3 is 0 Å². The number of hydrogen-bond acceptors (Lipinski definition) is 2. The molecule has 0 aromatic heterocycles. The fourth-order valence-electron chi connectivity index (χ4n) is 4.99. The Bertz CT molecular complexity index is 605. The number of carboxylic acid groups (broad SMARTS) is 1. The maximum absolute atomic E-state index is 10.2. The van der Waals surface area contributed by atoms with E-state index in [2.05, 4.69) is 71.3 Å². The summed E-state index contributed by atoms with van der Waals surface area (Å²) in [6.07, 6.45) is 43.1. The van der Waals surface area contributed by atoms with Crippen molar-refractivity contribution in [3.8, 4) is 0 Å². The molecule has 0 aliphatic heterocycles. The zero-order chi connectivity index (χ0) is 30.7. The molecule has 0 atom stereocenters. The third kappa shape index (κ3) is 40.8. The summed E-state index contributed by atoms with van der Waals surface area (Å²) in [5, 5.41) is 10.2. The number of carboxylic acids is 1. The lowest BCUT2D eigenvalue weighted by Gasteiger charge is -2.30. The number of quaternary nitrogens is 1. The van der Waals surface area contributed by atoms with E-state index < -0.39 is 5.97 Å². The second kappa shape index (κ2) is 34.8. The first-order valence-electron chi connectivity index (χ1n) is 17.9. The van der Waals surface area contributed by atoms with Gasteiger partial charge in [0.15, 0.2) is 0 Å². The number of carbonyl (C=O) groups is 1. The Kier molecular flexibility index (Phi) is 35.5. The number of carbonyl (C=O) groups excluding carboxylic acids is 1. The van der Waals surface area contributed by atoms with Crippen molar-refractivity contribution in [2.75, 3.05) is 27.2 Å². The van der Waals surface area contributed by atoms with Crippen molar-refractivity contribution < 1.29 is 14.4 Å². The summed E-state index contributed by atoms with van der Waals surface area (Å²) < 4.78 is 1.24. The van der Waals surface area contributed by atoms with Crippen molar-refractivity contribution in [3.63, 3.8) is 0 Å². The first-order chi connectivity index (χ1) is 19.9. The van der Waals surface area contributed by atoms with E-state index in [1.807, 2.05) is 0 Å². The van der Waals surface area contributed by atoms with Crippen LogP contribution in [0.25, 0.3) is 0 Å². The van der Waals surface area contributed by atoms with Crippen LogP contribution in [0.2, 0.25) is 0 Å². The summed E-state index contributed by atoms with van der Waals surface area (Å²) in [6, 6.07) is 0. The first-order valence-corrected chi connectivity index (χ1v) is 17.9. The quantitative estimate of drug-likeness (QED) is 0.0505. The molecule has 0 rings (SSSR count). The Morgan fingerprint density at radius 3 is 1.37 bits per heavy atom. The Morgan fingerprint density at radius 1 is 0.512 bits per heavy atom. The molecular formula is C38H73NO2. The van der Waals surface area contributed by atoms with Crippen LogP contribution in [0.5, 0.6) is 0 Å². The molecule has 0 aromatic carbocycles. The summed E-state index contributed by atoms with van der Waals surface area (Å²) in [7, 11) is 4.85. The van der Waals surface area contributed by atoms with Crippen molar-refractivity contribution in [1.29, 1.82) is 0 Å². The lowest BCUT2D eigenvalue weighted by molar-refractivity contribution is -0.890. The minimum absolute atomic E-state index is 0.208. The van der Waals surface area contributed by atoms with Gasteiger partial charge in [-0.05, 0) is 70.6 Å². The Hall–Kier alpha value is -1.35. The largest absolute Gasteiger partial charge is 0.550 e. The number of unbranched alkanes of at least 4 members (excludes halogenated alkanes) is 17. The van der Waals surface area contributed by atoms with E-state index in [1.54, 1.807) is 0 Å². The van der Waals surface area contributed by atoms with E-state index in [0.717, 1.165) is 44.9 Å². The second-order valence-electron chi connectivity index (χ2n) is 12.6. The van der Waals surface area contributed by atoms with E-state index in [1.165, 1.54) is 120 Å². The normalized spacial score (nSPS) is 12.0. The molecule has 0 aromatic rings. The van der Waals surface area contributed by atoms with Crippen LogP contribution in [0, 0.1) is 0 Å². The molecule has 242 valence electrons. The van der Waals surface area contributed by atoms with Crippen molar-refractivity contribution in [1.82, 2.24) is 0 Å². The highest BCUT2D eigenvalue weighted by molar-refractivity contribution is 5.64. The Morgan fingerprint density at radius 2 is 0.902 bits per heavy atom. The van der Waals surface area contributed by atoms with Crippen LogP contribution in [0.4, 0.5) is 0 Å². The third-order valence-corrected chi connectivity index (χ3v) is 7.77. The standard InChI is InChI=1S/C20H44N.C18H30O2/c1-5-7-9-11-13-14-16-18-20-21(3,4)19-17-15-12-10-8-6-2;1-2-3-4-5-6-7-8-9-10-11-12-13-14-15-16-17-18(19)20/h5-20H2,1-4H3;3-4,6-7,9-10H,2,5,8,11-17H2,1H3,(H,19,20)/q+1;/p-1/b;4-3-,7-6-,10-9-. The number of aliphatic carboxylic acids is 1. The molecule has 0 heterocycles. The van der Waals surface area contributed by atoms with Gasteiger partial charge in [-0.2, -0.15) is 0 Å². The molecule has 0 bridgehead atoms. The molecule has 3 heteroatoms. The van der Waals surface area contributed by atoms with Gasteiger partial charge in [0.1, 0.15) is 0 Å². The molecule has 0 radical (unpaired) electrons. The van der Waals surface area contributed by atoms with Gasteiger partial charge in [-0.1, -0.05) is 141 Å². The molecule has 0 spiro atoms. The average Bonchev–Trinajstić information content (AvgIpc) is 2.94. The van der Waals surface area contributed by atoms with Crippen molar-refractivity contribution in [2.24, 2.45) is 0 Å². The molecule has 0 fully saturated rings. The molecule has 41 heavy (non-hydrogen) atoms. The van der Waals surface area contributed by atoms with E-state index in [0.29, 0.717) is 0 Å². The summed E-state index contributed by atoms with van der Waals surface area (Å²) in [4.78, 5) is 10.2. The van der Waals surface area contributed by atoms with Gasteiger partial charge in [-0.25, -0.2) is 0 Å². The predicted octanol–water partition coefficient (Wildman–Crippen LogP) is 10.9. The fourth-order valence-corrected chi connectivity index (χ4v) is 4.99. The number of rotatable bonds is 29. The predicted molar refractivity (Wildman–Crippen MR) is 182 cm³/mol. The lowest BCUT2D eigenvalue weighted by Crippen LogP contribution is -2.41. The summed E-state index contributed by atoms with van der Waals surface area (Å²) in [5.74, 6) is -0.925. The van der Waals surface area contributed by atoms with Crippen molar-refractivity contribution in [2.45, 2.75) is 175 Å². The highest BCUT2D eigenvalue weighted by Crippen LogP contribution is 2.12. The molecule has 3 nitrogen and oxygen atoms in total. The minimum atomic E-state index is -0.925. The van der Waals surface area contributed by atoms with Crippen LogP contribution < -0.4 is 5.11 Å². The van der Waals surface area contributed by atoms with Crippen LogP contribution in [0.3, 0.4) is 0 Å². The van der Waals surface area contributed by atoms with Crippen molar-refractivity contribution in [3.05, 3.63) is 36.5 Å². The van der Waals surface area contributed by atoms with Crippen LogP contribution in [0.15, 0.2) is 36.5 Å². The van der Waals surface area contributed by atoms with E-state index in [9.17, 15) is 9.90 Å². The maximum Gasteiger partial charge on any atom is 0.0782 e. The lowest BCUT2D eigenvalue weighted by atomic mass is 10.1. The molecule has 0 saturated heterocycles. The highest BCUT2D eigenvalue weighted by atomic mass is 16.4. The smallest absolute Gasteiger partial charge is 0.0782 e. The van der Waals surface area contributed by atoms with E-state index >= 15 is 0 Å². The topological polar surface area (TPSA) is 40.1 Å². The fraction of sp³-hybridized carbons (Fsp3) is 0.816. The third-order valence-electron chi connectivity index (χ3n) is 7.77. The summed E-state index contributed by atoms with van der Waals surface area (Å²) in [5.41, 5.74) is 0. The van der Waals surface area contributed by atoms with Crippen molar-refractivity contribution >= 4 is 5.97 Å². The van der Waals surface area contributed by atoms with Crippen LogP contribution in [-0.2, 0) is 4.79 Å². The molecule has 0 N–H and O–H groups in total. The molecule has 0 aliphatic rings. The molecular weight excluding hydrogens is 502 g/mol. The zero-order valence-corrected chi connectivity index (χ0v) is 28.6. The second-order valence-corrected chi connectivity index (χ2v) is 12.6. The van der Waals surface area contributed by atoms with Gasteiger partial charge in [-0.3, -0.25) is 0 Å². The van der Waals surface area contributed by atoms with Gasteiger partial charge < -0.3 is 14.4 Å². The number of nitrogens with zero attached hydrogens (tertiary/aromatic N) is 1. The van der Waals surface area contributed by atoms with Crippen LogP contribution in [0.1, 0.15) is 175 Å². The monoisotopic (exact) mass is 576 g/mol. The van der Waals surface area contributed by atoms with E-state index in [4.69, 9.17) is 0 Å². The number of allylic oxidation sites excluding steroid dienone is 6. The van der Waals surface area contributed by atoms with Crippen LogP contribution in [-0.4, -0.2) is 37.6 Å². The molecule has 0 aliphatic carbocycles. The number of hydrogen-bond donors (Lipinski definition) is 0. The van der Waals surface area contributed by atoms with Gasteiger partial charge in [0.05, 0.1) is 27.2 Å². The zero-order valence-electron chi connectivity index (χ0n) is 28.6. The maximum atomic E-state index is 10.2. The van der Waals surface area contributed by atoms with Gasteiger partial charge in [-0.15, -0.1) is 0 Å². The molecule has 0 saturated carbocycles. The van der Waals surface area contributed by atoms with Gasteiger partial charge in [0, 0.05) is 5.97 Å².